The van der Waals surface area contributed by atoms with Crippen LogP contribution in [0, 0.1) is 13.8 Å². The zero-order valence-electron chi connectivity index (χ0n) is 17.3. The van der Waals surface area contributed by atoms with Crippen LogP contribution in [0.1, 0.15) is 28.4 Å². The van der Waals surface area contributed by atoms with Crippen LogP contribution < -0.4 is 9.64 Å². The molecule has 1 amide bonds. The first-order valence-corrected chi connectivity index (χ1v) is 10.2. The minimum Gasteiger partial charge on any atom is -0.494 e. The Morgan fingerprint density at radius 2 is 1.76 bits per heavy atom. The van der Waals surface area contributed by atoms with Gasteiger partial charge < -0.3 is 14.5 Å². The number of para-hydroxylation sites is 1. The molecular weight excluding hydrogens is 362 g/mol. The zero-order chi connectivity index (χ0) is 20.4. The molecule has 0 radical (unpaired) electrons. The number of hydrogen-bond donors (Lipinski definition) is 0. The fourth-order valence-corrected chi connectivity index (χ4v) is 3.91. The lowest BCUT2D eigenvalue weighted by atomic mass is 10.1. The van der Waals surface area contributed by atoms with E-state index in [1.807, 2.05) is 36.1 Å². The number of benzene rings is 2. The number of nitrogens with zero attached hydrogens (tertiary/aromatic N) is 3. The number of ether oxygens (including phenoxy) is 1. The minimum atomic E-state index is 0.0599. The molecule has 0 aliphatic carbocycles. The van der Waals surface area contributed by atoms with Crippen molar-refractivity contribution >= 4 is 22.6 Å². The summed E-state index contributed by atoms with van der Waals surface area (Å²) in [5, 5.41) is 1.21. The van der Waals surface area contributed by atoms with Gasteiger partial charge in [0.05, 0.1) is 12.1 Å². The number of rotatable bonds is 4. The van der Waals surface area contributed by atoms with Crippen molar-refractivity contribution in [2.24, 2.45) is 0 Å². The average Bonchev–Trinajstić information content (AvgIpc) is 2.74. The number of carbonyl (C=O) groups is 1. The molecule has 4 rings (SSSR count). The summed E-state index contributed by atoms with van der Waals surface area (Å²) < 4.78 is 5.53. The van der Waals surface area contributed by atoms with Gasteiger partial charge >= 0.3 is 0 Å². The van der Waals surface area contributed by atoms with Gasteiger partial charge in [0.15, 0.2) is 0 Å². The summed E-state index contributed by atoms with van der Waals surface area (Å²) in [5.41, 5.74) is 4.17. The van der Waals surface area contributed by atoms with E-state index in [1.54, 1.807) is 0 Å². The second-order valence-electron chi connectivity index (χ2n) is 7.51. The second-order valence-corrected chi connectivity index (χ2v) is 7.51. The molecule has 0 spiro atoms. The summed E-state index contributed by atoms with van der Waals surface area (Å²) in [6, 6.07) is 15.9. The quantitative estimate of drug-likeness (QED) is 0.670. The molecule has 5 nitrogen and oxygen atoms in total. The summed E-state index contributed by atoms with van der Waals surface area (Å²) in [6.07, 6.45) is 0. The number of fused-ring (bicyclic) bond motifs is 1. The van der Waals surface area contributed by atoms with E-state index in [0.717, 1.165) is 30.2 Å². The molecule has 5 heteroatoms. The lowest BCUT2D eigenvalue weighted by molar-refractivity contribution is 0.0746. The molecule has 1 aromatic heterocycles. The Labute approximate surface area is 171 Å². The molecule has 29 heavy (non-hydrogen) atoms. The van der Waals surface area contributed by atoms with Gasteiger partial charge in [0.2, 0.25) is 0 Å². The standard InChI is InChI=1S/C24H27N3O2/c1-4-29-20-9-6-8-19(16-20)24(28)27-13-11-26(12-14-27)22-15-18(3)21-10-5-7-17(2)23(21)25-22/h5-10,15-16H,4,11-14H2,1-3H3. The van der Waals surface area contributed by atoms with Crippen molar-refractivity contribution in [3.63, 3.8) is 0 Å². The number of carbonyl (C=O) groups excluding carboxylic acids is 1. The maximum absolute atomic E-state index is 12.9. The summed E-state index contributed by atoms with van der Waals surface area (Å²) in [4.78, 5) is 22.0. The number of piperazine rings is 1. The van der Waals surface area contributed by atoms with Crippen LogP contribution in [-0.4, -0.2) is 48.6 Å². The summed E-state index contributed by atoms with van der Waals surface area (Å²) in [7, 11) is 0. The number of amides is 1. The molecule has 150 valence electrons. The molecule has 0 N–H and O–H groups in total. The molecule has 3 aromatic rings. The highest BCUT2D eigenvalue weighted by Crippen LogP contribution is 2.25. The number of pyridine rings is 1. The molecule has 1 aliphatic rings. The molecule has 0 unspecified atom stereocenters. The molecule has 0 atom stereocenters. The van der Waals surface area contributed by atoms with Crippen molar-refractivity contribution in [2.45, 2.75) is 20.8 Å². The van der Waals surface area contributed by atoms with E-state index in [4.69, 9.17) is 9.72 Å². The van der Waals surface area contributed by atoms with Gasteiger partial charge in [-0.05, 0) is 56.2 Å². The van der Waals surface area contributed by atoms with Crippen LogP contribution in [0.15, 0.2) is 48.5 Å². The van der Waals surface area contributed by atoms with Crippen molar-refractivity contribution < 1.29 is 9.53 Å². The van der Waals surface area contributed by atoms with Crippen LogP contribution in [0.4, 0.5) is 5.82 Å². The van der Waals surface area contributed by atoms with Gasteiger partial charge in [-0.1, -0.05) is 24.3 Å². The summed E-state index contributed by atoms with van der Waals surface area (Å²) in [5.74, 6) is 1.79. The van der Waals surface area contributed by atoms with Crippen molar-refractivity contribution in [3.05, 3.63) is 65.2 Å². The van der Waals surface area contributed by atoms with E-state index < -0.39 is 0 Å². The molecule has 0 bridgehead atoms. The fraction of sp³-hybridized carbons (Fsp3) is 0.333. The number of hydrogen-bond acceptors (Lipinski definition) is 4. The third-order valence-electron chi connectivity index (χ3n) is 5.52. The van der Waals surface area contributed by atoms with Gasteiger partial charge in [-0.2, -0.15) is 0 Å². The van der Waals surface area contributed by atoms with E-state index in [-0.39, 0.29) is 5.91 Å². The molecule has 1 aliphatic heterocycles. The van der Waals surface area contributed by atoms with Gasteiger partial charge in [-0.15, -0.1) is 0 Å². The maximum atomic E-state index is 12.9. The average molecular weight is 389 g/mol. The van der Waals surface area contributed by atoms with Crippen LogP contribution in [-0.2, 0) is 0 Å². The van der Waals surface area contributed by atoms with Gasteiger partial charge in [0.25, 0.3) is 5.91 Å². The Hall–Kier alpha value is -3.08. The Morgan fingerprint density at radius 1 is 1.00 bits per heavy atom. The smallest absolute Gasteiger partial charge is 0.254 e. The second kappa shape index (κ2) is 8.11. The predicted molar refractivity (Wildman–Crippen MR) is 117 cm³/mol. The van der Waals surface area contributed by atoms with E-state index in [0.29, 0.717) is 25.3 Å². The van der Waals surface area contributed by atoms with Crippen LogP contribution >= 0.6 is 0 Å². The third-order valence-corrected chi connectivity index (χ3v) is 5.52. The summed E-state index contributed by atoms with van der Waals surface area (Å²) >= 11 is 0. The Balaban J connectivity index is 1.48. The first kappa shape index (κ1) is 19.2. The normalized spacial score (nSPS) is 14.3. The number of aryl methyl sites for hydroxylation is 2. The third kappa shape index (κ3) is 3.90. The monoisotopic (exact) mass is 389 g/mol. The predicted octanol–water partition coefficient (Wildman–Crippen LogP) is 4.21. The Bertz CT molecular complexity index is 1040. The molecule has 2 heterocycles. The largest absolute Gasteiger partial charge is 0.494 e. The first-order valence-electron chi connectivity index (χ1n) is 10.2. The van der Waals surface area contributed by atoms with E-state index in [1.165, 1.54) is 16.5 Å². The highest BCUT2D eigenvalue weighted by Gasteiger charge is 2.23. The topological polar surface area (TPSA) is 45.7 Å². The van der Waals surface area contributed by atoms with E-state index in [2.05, 4.69) is 43.0 Å². The van der Waals surface area contributed by atoms with Crippen molar-refractivity contribution in [1.82, 2.24) is 9.88 Å². The van der Waals surface area contributed by atoms with E-state index in [9.17, 15) is 4.79 Å². The molecule has 0 saturated carbocycles. The highest BCUT2D eigenvalue weighted by molar-refractivity contribution is 5.94. The maximum Gasteiger partial charge on any atom is 0.254 e. The zero-order valence-corrected chi connectivity index (χ0v) is 17.3. The summed E-state index contributed by atoms with van der Waals surface area (Å²) in [6.45, 7) is 9.70. The van der Waals surface area contributed by atoms with Gasteiger partial charge in [0, 0.05) is 37.1 Å². The fourth-order valence-electron chi connectivity index (χ4n) is 3.91. The number of anilines is 1. The van der Waals surface area contributed by atoms with Crippen LogP contribution in [0.5, 0.6) is 5.75 Å². The van der Waals surface area contributed by atoms with Crippen molar-refractivity contribution in [1.29, 1.82) is 0 Å². The van der Waals surface area contributed by atoms with Crippen molar-refractivity contribution in [3.8, 4) is 5.75 Å². The lowest BCUT2D eigenvalue weighted by Gasteiger charge is -2.35. The SMILES string of the molecule is CCOc1cccc(C(=O)N2CCN(c3cc(C)c4cccc(C)c4n3)CC2)c1. The highest BCUT2D eigenvalue weighted by atomic mass is 16.5. The van der Waals surface area contributed by atoms with Gasteiger partial charge in [0.1, 0.15) is 11.6 Å². The van der Waals surface area contributed by atoms with E-state index >= 15 is 0 Å². The Kier molecular flexibility index (Phi) is 5.38. The van der Waals surface area contributed by atoms with Gasteiger partial charge in [-0.25, -0.2) is 4.98 Å². The van der Waals surface area contributed by atoms with Crippen LogP contribution in [0.3, 0.4) is 0 Å². The first-order chi connectivity index (χ1) is 14.1. The molecule has 2 aromatic carbocycles. The lowest BCUT2D eigenvalue weighted by Crippen LogP contribution is -2.49. The number of aromatic nitrogens is 1. The minimum absolute atomic E-state index is 0.0599. The molecule has 1 fully saturated rings. The molecule has 1 saturated heterocycles. The Morgan fingerprint density at radius 3 is 2.52 bits per heavy atom. The molecular formula is C24H27N3O2. The van der Waals surface area contributed by atoms with Crippen LogP contribution in [0.25, 0.3) is 10.9 Å². The van der Waals surface area contributed by atoms with Crippen molar-refractivity contribution in [2.75, 3.05) is 37.7 Å². The van der Waals surface area contributed by atoms with Crippen LogP contribution in [0.2, 0.25) is 0 Å². The van der Waals surface area contributed by atoms with Gasteiger partial charge in [-0.3, -0.25) is 4.79 Å².